The molecule has 0 atom stereocenters. The van der Waals surface area contributed by atoms with Gasteiger partial charge in [0.15, 0.2) is 0 Å². The van der Waals surface area contributed by atoms with Crippen molar-refractivity contribution in [2.24, 2.45) is 0 Å². The van der Waals surface area contributed by atoms with Crippen LogP contribution >= 0.6 is 11.6 Å². The highest BCUT2D eigenvalue weighted by Gasteiger charge is 2.09. The van der Waals surface area contributed by atoms with Gasteiger partial charge in [0.2, 0.25) is 0 Å². The maximum atomic E-state index is 13.0. The van der Waals surface area contributed by atoms with Crippen molar-refractivity contribution in [3.05, 3.63) is 58.4 Å². The quantitative estimate of drug-likeness (QED) is 0.833. The normalized spacial score (nSPS) is 9.85. The van der Waals surface area contributed by atoms with Crippen molar-refractivity contribution in [3.63, 3.8) is 0 Å². The summed E-state index contributed by atoms with van der Waals surface area (Å²) in [4.78, 5) is 12.0. The number of amides is 1. The highest BCUT2D eigenvalue weighted by atomic mass is 35.5. The Hall–Kier alpha value is -2.58. The van der Waals surface area contributed by atoms with Crippen LogP contribution in [0.5, 0.6) is 0 Å². The Bertz CT molecular complexity index is 725. The number of halogens is 2. The van der Waals surface area contributed by atoms with Crippen LogP contribution in [0.25, 0.3) is 0 Å². The second kappa shape index (κ2) is 5.59. The van der Waals surface area contributed by atoms with Crippen LogP contribution in [0.1, 0.15) is 15.9 Å². The summed E-state index contributed by atoms with van der Waals surface area (Å²) in [7, 11) is 0. The number of nitrogen functional groups attached to an aromatic ring is 1. The summed E-state index contributed by atoms with van der Waals surface area (Å²) in [6.45, 7) is 0. The predicted octanol–water partition coefficient (Wildman–Crippen LogP) is 3.19. The van der Waals surface area contributed by atoms with Crippen LogP contribution in [0.3, 0.4) is 0 Å². The summed E-state index contributed by atoms with van der Waals surface area (Å²) in [6.07, 6.45) is 0. The Balaban J connectivity index is 2.23. The van der Waals surface area contributed by atoms with Crippen LogP contribution in [-0.2, 0) is 0 Å². The lowest BCUT2D eigenvalue weighted by atomic mass is 10.1. The molecule has 6 heteroatoms. The maximum Gasteiger partial charge on any atom is 0.255 e. The third-order valence-electron chi connectivity index (χ3n) is 2.60. The van der Waals surface area contributed by atoms with Crippen LogP contribution in [0.2, 0.25) is 5.02 Å². The summed E-state index contributed by atoms with van der Waals surface area (Å²) < 4.78 is 13.0. The van der Waals surface area contributed by atoms with Gasteiger partial charge < -0.3 is 11.1 Å². The van der Waals surface area contributed by atoms with Crippen LogP contribution in [0, 0.1) is 17.1 Å². The number of rotatable bonds is 2. The van der Waals surface area contributed by atoms with Gasteiger partial charge in [-0.05, 0) is 36.4 Å². The molecule has 0 heterocycles. The molecular weight excluding hydrogens is 281 g/mol. The van der Waals surface area contributed by atoms with Gasteiger partial charge in [-0.2, -0.15) is 5.26 Å². The van der Waals surface area contributed by atoms with E-state index in [-0.39, 0.29) is 16.8 Å². The van der Waals surface area contributed by atoms with Crippen LogP contribution in [-0.4, -0.2) is 5.91 Å². The van der Waals surface area contributed by atoms with Gasteiger partial charge in [-0.1, -0.05) is 11.6 Å². The zero-order chi connectivity index (χ0) is 14.7. The zero-order valence-corrected chi connectivity index (χ0v) is 10.9. The van der Waals surface area contributed by atoms with Crippen LogP contribution < -0.4 is 11.1 Å². The standard InChI is InChI=1S/C14H9ClFN3O/c15-11-3-2-10(5-9(11)7-17)19-14(20)8-1-4-12(16)13(18)6-8/h1-6H,18H2,(H,19,20). The van der Waals surface area contributed by atoms with Gasteiger partial charge >= 0.3 is 0 Å². The van der Waals surface area contributed by atoms with Crippen molar-refractivity contribution in [3.8, 4) is 6.07 Å². The molecule has 20 heavy (non-hydrogen) atoms. The number of carbonyl (C=O) groups excluding carboxylic acids is 1. The number of nitrogens with two attached hydrogens (primary N) is 1. The Morgan fingerprint density at radius 3 is 2.70 bits per heavy atom. The first-order valence-corrected chi connectivity index (χ1v) is 5.95. The molecule has 0 spiro atoms. The third kappa shape index (κ3) is 2.87. The van der Waals surface area contributed by atoms with E-state index >= 15 is 0 Å². The van der Waals surface area contributed by atoms with Crippen molar-refractivity contribution >= 4 is 28.9 Å². The molecule has 4 nitrogen and oxygen atoms in total. The number of nitrogens with zero attached hydrogens (tertiary/aromatic N) is 1. The minimum Gasteiger partial charge on any atom is -0.396 e. The molecule has 2 aromatic carbocycles. The largest absolute Gasteiger partial charge is 0.396 e. The maximum absolute atomic E-state index is 13.0. The molecule has 0 aliphatic rings. The number of anilines is 2. The molecule has 0 saturated carbocycles. The number of carbonyl (C=O) groups is 1. The van der Waals surface area contributed by atoms with Crippen LogP contribution in [0.15, 0.2) is 36.4 Å². The van der Waals surface area contributed by atoms with Crippen molar-refractivity contribution in [1.82, 2.24) is 0 Å². The van der Waals surface area contributed by atoms with Crippen molar-refractivity contribution in [2.45, 2.75) is 0 Å². The van der Waals surface area contributed by atoms with E-state index in [1.165, 1.54) is 24.3 Å². The summed E-state index contributed by atoms with van der Waals surface area (Å²) >= 11 is 5.79. The summed E-state index contributed by atoms with van der Waals surface area (Å²) in [5.41, 5.74) is 6.18. The molecule has 100 valence electrons. The highest BCUT2D eigenvalue weighted by molar-refractivity contribution is 6.31. The lowest BCUT2D eigenvalue weighted by Gasteiger charge is -2.07. The molecule has 0 bridgehead atoms. The molecule has 1 amide bonds. The number of hydrogen-bond acceptors (Lipinski definition) is 3. The second-order valence-corrected chi connectivity index (χ2v) is 4.40. The Morgan fingerprint density at radius 2 is 2.05 bits per heavy atom. The van der Waals surface area contributed by atoms with E-state index in [2.05, 4.69) is 5.32 Å². The number of benzene rings is 2. The fraction of sp³-hybridized carbons (Fsp3) is 0. The Morgan fingerprint density at radius 1 is 1.30 bits per heavy atom. The van der Waals surface area contributed by atoms with E-state index in [1.54, 1.807) is 6.07 Å². The smallest absolute Gasteiger partial charge is 0.255 e. The van der Waals surface area contributed by atoms with Crippen molar-refractivity contribution in [1.29, 1.82) is 5.26 Å². The molecule has 2 aromatic rings. The van der Waals surface area contributed by atoms with E-state index in [0.717, 1.165) is 6.07 Å². The van der Waals surface area contributed by atoms with Gasteiger partial charge in [-0.3, -0.25) is 4.79 Å². The van der Waals surface area contributed by atoms with Crippen molar-refractivity contribution in [2.75, 3.05) is 11.1 Å². The molecule has 3 N–H and O–H groups in total. The Labute approximate surface area is 119 Å². The highest BCUT2D eigenvalue weighted by Crippen LogP contribution is 2.20. The average molecular weight is 290 g/mol. The monoisotopic (exact) mass is 289 g/mol. The molecule has 0 saturated heterocycles. The molecule has 0 aliphatic heterocycles. The number of nitriles is 1. The van der Waals surface area contributed by atoms with Gasteiger partial charge in [-0.15, -0.1) is 0 Å². The number of hydrogen-bond donors (Lipinski definition) is 2. The fourth-order valence-corrected chi connectivity index (χ4v) is 1.74. The first kappa shape index (κ1) is 13.8. The Kier molecular flexibility index (Phi) is 3.87. The summed E-state index contributed by atoms with van der Waals surface area (Å²) in [5.74, 6) is -1.04. The average Bonchev–Trinajstić information content (AvgIpc) is 2.43. The van der Waals surface area contributed by atoms with Gasteiger partial charge in [0, 0.05) is 11.3 Å². The van der Waals surface area contributed by atoms with E-state index in [9.17, 15) is 9.18 Å². The second-order valence-electron chi connectivity index (χ2n) is 4.00. The summed E-state index contributed by atoms with van der Waals surface area (Å²) in [5, 5.41) is 11.7. The minimum atomic E-state index is -0.584. The minimum absolute atomic E-state index is 0.105. The van der Waals surface area contributed by atoms with Gasteiger partial charge in [0.05, 0.1) is 16.3 Å². The lowest BCUT2D eigenvalue weighted by molar-refractivity contribution is 0.102. The predicted molar refractivity (Wildman–Crippen MR) is 74.9 cm³/mol. The van der Waals surface area contributed by atoms with E-state index < -0.39 is 11.7 Å². The van der Waals surface area contributed by atoms with Crippen molar-refractivity contribution < 1.29 is 9.18 Å². The van der Waals surface area contributed by atoms with E-state index in [4.69, 9.17) is 22.6 Å². The molecular formula is C14H9ClFN3O. The first-order chi connectivity index (χ1) is 9.51. The first-order valence-electron chi connectivity index (χ1n) is 5.57. The van der Waals surface area contributed by atoms with Gasteiger partial charge in [0.1, 0.15) is 11.9 Å². The zero-order valence-electron chi connectivity index (χ0n) is 10.2. The number of nitrogens with one attached hydrogen (secondary N) is 1. The lowest BCUT2D eigenvalue weighted by Crippen LogP contribution is -2.12. The summed E-state index contributed by atoms with van der Waals surface area (Å²) in [6, 6.07) is 10.1. The molecule has 0 aliphatic carbocycles. The SMILES string of the molecule is N#Cc1cc(NC(=O)c2ccc(F)c(N)c2)ccc1Cl. The topological polar surface area (TPSA) is 78.9 Å². The van der Waals surface area contributed by atoms with E-state index in [1.807, 2.05) is 6.07 Å². The third-order valence-corrected chi connectivity index (χ3v) is 2.93. The van der Waals surface area contributed by atoms with Gasteiger partial charge in [-0.25, -0.2) is 4.39 Å². The molecule has 2 rings (SSSR count). The van der Waals surface area contributed by atoms with Gasteiger partial charge in [0.25, 0.3) is 5.91 Å². The molecule has 0 unspecified atom stereocenters. The fourth-order valence-electron chi connectivity index (χ4n) is 1.58. The van der Waals surface area contributed by atoms with Crippen LogP contribution in [0.4, 0.5) is 15.8 Å². The molecule has 0 radical (unpaired) electrons. The molecule has 0 aromatic heterocycles. The van der Waals surface area contributed by atoms with E-state index in [0.29, 0.717) is 10.7 Å². The molecule has 0 fully saturated rings.